The Hall–Kier alpha value is -2.12. The summed E-state index contributed by atoms with van der Waals surface area (Å²) in [6.07, 6.45) is 1.41. The maximum Gasteiger partial charge on any atom is 0.283 e. The SMILES string of the molecule is Cc1cccc(N(C)S(=O)(=O)c2ncccc2NN)c1. The highest BCUT2D eigenvalue weighted by atomic mass is 32.2. The first-order chi connectivity index (χ1) is 9.46. The lowest BCUT2D eigenvalue weighted by Crippen LogP contribution is -2.28. The topological polar surface area (TPSA) is 88.3 Å². The summed E-state index contributed by atoms with van der Waals surface area (Å²) in [7, 11) is -2.29. The normalized spacial score (nSPS) is 11.2. The van der Waals surface area contributed by atoms with Crippen LogP contribution in [0.3, 0.4) is 0 Å². The Morgan fingerprint density at radius 2 is 2.00 bits per heavy atom. The number of pyridine rings is 1. The van der Waals surface area contributed by atoms with Crippen LogP contribution in [0, 0.1) is 6.92 Å². The number of nitrogens with two attached hydrogens (primary N) is 1. The van der Waals surface area contributed by atoms with Crippen molar-refractivity contribution in [1.82, 2.24) is 4.98 Å². The van der Waals surface area contributed by atoms with E-state index in [1.165, 1.54) is 17.5 Å². The average Bonchev–Trinajstić information content (AvgIpc) is 2.46. The largest absolute Gasteiger partial charge is 0.321 e. The third-order valence-electron chi connectivity index (χ3n) is 2.90. The molecule has 0 saturated heterocycles. The van der Waals surface area contributed by atoms with Crippen LogP contribution in [-0.2, 0) is 10.0 Å². The van der Waals surface area contributed by atoms with Crippen molar-refractivity contribution in [3.63, 3.8) is 0 Å². The molecular weight excluding hydrogens is 276 g/mol. The zero-order valence-corrected chi connectivity index (χ0v) is 12.1. The molecule has 0 aliphatic carbocycles. The predicted octanol–water partition coefficient (Wildman–Crippen LogP) is 1.50. The monoisotopic (exact) mass is 292 g/mol. The van der Waals surface area contributed by atoms with Gasteiger partial charge in [0.05, 0.1) is 11.4 Å². The minimum absolute atomic E-state index is 0.105. The molecule has 1 aromatic heterocycles. The molecule has 0 atom stereocenters. The van der Waals surface area contributed by atoms with Crippen molar-refractivity contribution in [2.45, 2.75) is 11.9 Å². The average molecular weight is 292 g/mol. The fraction of sp³-hybridized carbons (Fsp3) is 0.154. The summed E-state index contributed by atoms with van der Waals surface area (Å²) in [6, 6.07) is 10.4. The summed E-state index contributed by atoms with van der Waals surface area (Å²) < 4.78 is 26.4. The van der Waals surface area contributed by atoms with Gasteiger partial charge in [-0.05, 0) is 36.8 Å². The molecule has 0 spiro atoms. The third kappa shape index (κ3) is 2.59. The van der Waals surface area contributed by atoms with Crippen molar-refractivity contribution in [3.05, 3.63) is 48.2 Å². The Morgan fingerprint density at radius 3 is 2.65 bits per heavy atom. The van der Waals surface area contributed by atoms with E-state index in [2.05, 4.69) is 10.4 Å². The zero-order chi connectivity index (χ0) is 14.8. The molecule has 0 fully saturated rings. The molecule has 2 rings (SSSR count). The van der Waals surface area contributed by atoms with E-state index >= 15 is 0 Å². The maximum absolute atomic E-state index is 12.6. The summed E-state index contributed by atoms with van der Waals surface area (Å²) in [6.45, 7) is 1.90. The second kappa shape index (κ2) is 5.48. The molecule has 106 valence electrons. The lowest BCUT2D eigenvalue weighted by Gasteiger charge is -2.20. The number of nitrogens with zero attached hydrogens (tertiary/aromatic N) is 2. The van der Waals surface area contributed by atoms with Crippen LogP contribution in [0.2, 0.25) is 0 Å². The van der Waals surface area contributed by atoms with Crippen LogP contribution in [0.4, 0.5) is 11.4 Å². The Balaban J connectivity index is 2.50. The number of sulfonamides is 1. The third-order valence-corrected chi connectivity index (χ3v) is 4.64. The zero-order valence-electron chi connectivity index (χ0n) is 11.2. The number of nitrogen functional groups attached to an aromatic ring is 1. The van der Waals surface area contributed by atoms with Gasteiger partial charge in [0.1, 0.15) is 0 Å². The Bertz CT molecular complexity index is 716. The molecule has 20 heavy (non-hydrogen) atoms. The molecule has 6 nitrogen and oxygen atoms in total. The lowest BCUT2D eigenvalue weighted by molar-refractivity contribution is 0.591. The summed E-state index contributed by atoms with van der Waals surface area (Å²) in [5, 5.41) is -0.105. The second-order valence-corrected chi connectivity index (χ2v) is 6.20. The molecule has 0 aliphatic rings. The van der Waals surface area contributed by atoms with Gasteiger partial charge >= 0.3 is 0 Å². The van der Waals surface area contributed by atoms with Crippen molar-refractivity contribution in [2.75, 3.05) is 16.8 Å². The van der Waals surface area contributed by atoms with E-state index in [1.807, 2.05) is 13.0 Å². The van der Waals surface area contributed by atoms with Crippen LogP contribution in [0.5, 0.6) is 0 Å². The van der Waals surface area contributed by atoms with Crippen molar-refractivity contribution in [3.8, 4) is 0 Å². The molecule has 0 radical (unpaired) electrons. The van der Waals surface area contributed by atoms with E-state index in [9.17, 15) is 8.42 Å². The van der Waals surface area contributed by atoms with Gasteiger partial charge in [-0.2, -0.15) is 8.42 Å². The Morgan fingerprint density at radius 1 is 1.25 bits per heavy atom. The number of benzene rings is 1. The van der Waals surface area contributed by atoms with Gasteiger partial charge in [-0.25, -0.2) is 4.98 Å². The fourth-order valence-corrected chi connectivity index (χ4v) is 3.05. The highest BCUT2D eigenvalue weighted by Crippen LogP contribution is 2.25. The van der Waals surface area contributed by atoms with Gasteiger partial charge < -0.3 is 5.43 Å². The summed E-state index contributed by atoms with van der Waals surface area (Å²) >= 11 is 0. The molecule has 0 unspecified atom stereocenters. The van der Waals surface area contributed by atoms with Crippen LogP contribution < -0.4 is 15.6 Å². The lowest BCUT2D eigenvalue weighted by atomic mass is 10.2. The Labute approximate surface area is 118 Å². The van der Waals surface area contributed by atoms with Crippen LogP contribution >= 0.6 is 0 Å². The molecule has 0 saturated carbocycles. The van der Waals surface area contributed by atoms with Crippen molar-refractivity contribution in [2.24, 2.45) is 5.84 Å². The van der Waals surface area contributed by atoms with Crippen LogP contribution in [0.25, 0.3) is 0 Å². The first-order valence-corrected chi connectivity index (χ1v) is 7.38. The number of aromatic nitrogens is 1. The Kier molecular flexibility index (Phi) is 3.91. The van der Waals surface area contributed by atoms with Gasteiger partial charge in [0, 0.05) is 13.2 Å². The van der Waals surface area contributed by atoms with E-state index < -0.39 is 10.0 Å². The van der Waals surface area contributed by atoms with E-state index in [4.69, 9.17) is 5.84 Å². The highest BCUT2D eigenvalue weighted by Gasteiger charge is 2.25. The molecule has 1 heterocycles. The molecule has 3 N–H and O–H groups in total. The number of aryl methyl sites for hydroxylation is 1. The summed E-state index contributed by atoms with van der Waals surface area (Å²) in [4.78, 5) is 3.92. The van der Waals surface area contributed by atoms with Crippen molar-refractivity contribution in [1.29, 1.82) is 0 Å². The molecule has 0 aliphatic heterocycles. The first kappa shape index (κ1) is 14.3. The smallest absolute Gasteiger partial charge is 0.283 e. The van der Waals surface area contributed by atoms with Crippen LogP contribution in [0.1, 0.15) is 5.56 Å². The summed E-state index contributed by atoms with van der Waals surface area (Å²) in [5.41, 5.74) is 4.15. The van der Waals surface area contributed by atoms with Crippen molar-refractivity contribution < 1.29 is 8.42 Å². The van der Waals surface area contributed by atoms with Gasteiger partial charge in [-0.1, -0.05) is 12.1 Å². The fourth-order valence-electron chi connectivity index (χ4n) is 1.80. The number of anilines is 2. The van der Waals surface area contributed by atoms with Gasteiger partial charge in [-0.3, -0.25) is 10.1 Å². The molecular formula is C13H16N4O2S. The number of hydrogen-bond donors (Lipinski definition) is 2. The number of nitrogens with one attached hydrogen (secondary N) is 1. The molecule has 7 heteroatoms. The molecule has 0 amide bonds. The number of hydrogen-bond acceptors (Lipinski definition) is 5. The molecule has 1 aromatic carbocycles. The highest BCUT2D eigenvalue weighted by molar-refractivity contribution is 7.92. The standard InChI is InChI=1S/C13H16N4O2S/c1-10-5-3-6-11(9-10)17(2)20(18,19)13-12(16-14)7-4-8-15-13/h3-9,16H,14H2,1-2H3. The minimum atomic E-state index is -3.77. The minimum Gasteiger partial charge on any atom is -0.321 e. The van der Waals surface area contributed by atoms with Gasteiger partial charge in [0.2, 0.25) is 5.03 Å². The van der Waals surface area contributed by atoms with Gasteiger partial charge in [0.25, 0.3) is 10.0 Å². The van der Waals surface area contributed by atoms with E-state index in [0.29, 0.717) is 5.69 Å². The first-order valence-electron chi connectivity index (χ1n) is 5.94. The van der Waals surface area contributed by atoms with Crippen LogP contribution in [-0.4, -0.2) is 20.4 Å². The van der Waals surface area contributed by atoms with Gasteiger partial charge in [0.15, 0.2) is 0 Å². The van der Waals surface area contributed by atoms with E-state index in [1.54, 1.807) is 30.3 Å². The molecule has 2 aromatic rings. The van der Waals surface area contributed by atoms with E-state index in [-0.39, 0.29) is 10.7 Å². The maximum atomic E-state index is 12.6. The molecule has 0 bridgehead atoms. The van der Waals surface area contributed by atoms with Gasteiger partial charge in [-0.15, -0.1) is 0 Å². The quantitative estimate of drug-likeness (QED) is 0.658. The van der Waals surface area contributed by atoms with Crippen molar-refractivity contribution >= 4 is 21.4 Å². The number of hydrazine groups is 1. The summed E-state index contributed by atoms with van der Waals surface area (Å²) in [5.74, 6) is 5.34. The predicted molar refractivity (Wildman–Crippen MR) is 78.8 cm³/mol. The second-order valence-electron chi connectivity index (χ2n) is 4.31. The number of rotatable bonds is 4. The van der Waals surface area contributed by atoms with E-state index in [0.717, 1.165) is 5.56 Å². The van der Waals surface area contributed by atoms with Crippen LogP contribution in [0.15, 0.2) is 47.6 Å².